The second kappa shape index (κ2) is 42.1. The Labute approximate surface area is 628 Å². The molecule has 0 atom stereocenters. The molecule has 8 aromatic carbocycles. The number of hydrogen-bond donors (Lipinski definition) is 0. The Hall–Kier alpha value is -8.16. The third-order valence-corrected chi connectivity index (χ3v) is 17.7. The van der Waals surface area contributed by atoms with Gasteiger partial charge in [0.25, 0.3) is 0 Å². The molecule has 10 nitrogen and oxygen atoms in total. The van der Waals surface area contributed by atoms with Crippen molar-refractivity contribution in [1.82, 2.24) is 22.8 Å². The molecule has 0 aliphatic carbocycles. The minimum atomic E-state index is 0. The Balaban J connectivity index is 0.000000269. The second-order valence-electron chi connectivity index (χ2n) is 24.2. The van der Waals surface area contributed by atoms with Crippen molar-refractivity contribution in [2.75, 3.05) is 0 Å². The first-order chi connectivity index (χ1) is 45.7. The summed E-state index contributed by atoms with van der Waals surface area (Å²) in [5.74, 6) is 1.10. The standard InChI is InChI=1S/2C31H33ClN4.C19H21N2.CH4.5ClH/c1-2-28-7-3-5-9-30(28)22-35-17-15-33(24-35)20-26-11-13-27(14-12-26)21-34-16-18-36(25-34)23-31-10-6-4-8-29(31)19-32;1-2-26-7-11-28(12-8-26)20-33-15-17-35(24-33)22-30-5-3-4-6-31(30)23-36-18-16-34(25-36)21-29-13-9-27(19-32)10-14-29;1-2-17-8-10-19(11-9-17)15-21-13-12-20(16-21)14-18-6-4-3-5-7-18;;;;;;/h2*3-18,24-25H,2,19-23H2,1H3;3-13,16H,2,14-15H2,1H3;1H4;5*1H/q2*+2;+1;;;;;;/p-5. The lowest BCUT2D eigenvalue weighted by Gasteiger charge is -2.06. The number of alkyl halides is 2. The van der Waals surface area contributed by atoms with E-state index in [-0.39, 0.29) is 69.5 Å². The summed E-state index contributed by atoms with van der Waals surface area (Å²) in [5, 5.41) is 0. The van der Waals surface area contributed by atoms with Crippen LogP contribution in [0.3, 0.4) is 0 Å². The Morgan fingerprint density at radius 3 is 0.788 bits per heavy atom. The van der Waals surface area contributed by atoms with Crippen LogP contribution < -0.4 is 84.9 Å². The Bertz CT molecular complexity index is 4170. The quantitative estimate of drug-likeness (QED) is 0.0564. The molecule has 0 radical (unpaired) electrons. The molecule has 17 heteroatoms. The predicted molar refractivity (Wildman–Crippen MR) is 380 cm³/mol. The van der Waals surface area contributed by atoms with E-state index in [9.17, 15) is 0 Å². The monoisotopic (exact) mass is 1460 g/mol. The van der Waals surface area contributed by atoms with Gasteiger partial charge < -0.3 is 62.0 Å². The molecule has 0 aliphatic rings. The Kier molecular flexibility index (Phi) is 34.6. The SMILES string of the molecule is C.CCc1ccc(C[n+]2ccn(Cc3ccccc3Cn3cc[n+](Cc4ccc(CCl)cc4)c3)c2)cc1.CCc1ccc(Cn2cc[n+](Cc3ccccc3)c2)cc1.CCc1ccccc1Cn1cc[n+](Cc2ccc(C[n+]3ccn(Cc4ccccc4CCl)c3)cc2)c1.[Cl-].[Cl-].[Cl-].[Cl-].[Cl-]. The van der Waals surface area contributed by atoms with E-state index >= 15 is 0 Å². The molecule has 0 amide bonds. The van der Waals surface area contributed by atoms with Gasteiger partial charge in [-0.3, -0.25) is 0 Å². The van der Waals surface area contributed by atoms with Gasteiger partial charge in [0.05, 0.1) is 0 Å². The first-order valence-corrected chi connectivity index (χ1v) is 33.7. The highest BCUT2D eigenvalue weighted by Gasteiger charge is 2.15. The zero-order valence-electron chi connectivity index (χ0n) is 55.9. The van der Waals surface area contributed by atoms with Crippen LogP contribution in [0.5, 0.6) is 0 Å². The van der Waals surface area contributed by atoms with Gasteiger partial charge in [0.15, 0.2) is 0 Å². The van der Waals surface area contributed by atoms with Gasteiger partial charge in [-0.25, -0.2) is 45.7 Å². The highest BCUT2D eigenvalue weighted by Crippen LogP contribution is 2.17. The van der Waals surface area contributed by atoms with Crippen LogP contribution in [0, 0.1) is 0 Å². The second-order valence-corrected chi connectivity index (χ2v) is 24.7. The Morgan fingerprint density at radius 1 is 0.242 bits per heavy atom. The molecule has 0 unspecified atom stereocenters. The van der Waals surface area contributed by atoms with Crippen LogP contribution in [0.25, 0.3) is 0 Å². The van der Waals surface area contributed by atoms with E-state index in [1.165, 1.54) is 77.9 Å². The van der Waals surface area contributed by atoms with Crippen LogP contribution in [0.2, 0.25) is 0 Å². The molecule has 0 fully saturated rings. The van der Waals surface area contributed by atoms with E-state index in [0.717, 1.165) is 90.3 Å². The summed E-state index contributed by atoms with van der Waals surface area (Å²) in [6, 6.07) is 71.6. The summed E-state index contributed by atoms with van der Waals surface area (Å²) < 4.78 is 22.4. The van der Waals surface area contributed by atoms with Crippen LogP contribution in [-0.4, -0.2) is 22.8 Å². The van der Waals surface area contributed by atoms with E-state index in [2.05, 4.69) is 354 Å². The van der Waals surface area contributed by atoms with Crippen molar-refractivity contribution in [3.8, 4) is 0 Å². The smallest absolute Gasteiger partial charge is 0.244 e. The molecular weight excluding hydrogens is 1370 g/mol. The zero-order chi connectivity index (χ0) is 64.0. The van der Waals surface area contributed by atoms with E-state index in [4.69, 9.17) is 23.2 Å². The lowest BCUT2D eigenvalue weighted by molar-refractivity contribution is -0.688. The van der Waals surface area contributed by atoms with E-state index in [1.54, 1.807) is 0 Å². The number of rotatable bonds is 25. The van der Waals surface area contributed by atoms with E-state index in [0.29, 0.717) is 11.8 Å². The van der Waals surface area contributed by atoms with Gasteiger partial charge in [0.1, 0.15) is 127 Å². The molecule has 0 N–H and O–H groups in total. The molecule has 0 bridgehead atoms. The summed E-state index contributed by atoms with van der Waals surface area (Å²) in [6.45, 7) is 15.3. The molecule has 0 aliphatic heterocycles. The summed E-state index contributed by atoms with van der Waals surface area (Å²) in [7, 11) is 0. The number of halogens is 7. The molecule has 518 valence electrons. The van der Waals surface area contributed by atoms with Crippen molar-refractivity contribution >= 4 is 23.2 Å². The third kappa shape index (κ3) is 24.6. The molecule has 99 heavy (non-hydrogen) atoms. The molecular formula is C82H91Cl7N10. The fourth-order valence-corrected chi connectivity index (χ4v) is 12.2. The van der Waals surface area contributed by atoms with Crippen molar-refractivity contribution < 1.29 is 84.9 Å². The van der Waals surface area contributed by atoms with Crippen molar-refractivity contribution in [3.05, 3.63) is 377 Å². The highest BCUT2D eigenvalue weighted by molar-refractivity contribution is 6.17. The number of nitrogens with zero attached hydrogens (tertiary/aromatic N) is 10. The fourth-order valence-electron chi connectivity index (χ4n) is 11.8. The van der Waals surface area contributed by atoms with E-state index in [1.807, 2.05) is 6.07 Å². The first kappa shape index (κ1) is 81.5. The number of imidazole rings is 5. The number of aryl methyl sites for hydroxylation is 3. The maximum absolute atomic E-state index is 6.10. The molecule has 0 saturated heterocycles. The topological polar surface area (TPSA) is 44.0 Å². The van der Waals surface area contributed by atoms with Gasteiger partial charge in [-0.05, 0) is 91.6 Å². The van der Waals surface area contributed by atoms with Gasteiger partial charge in [-0.15, -0.1) is 23.2 Å². The van der Waals surface area contributed by atoms with Crippen molar-refractivity contribution in [2.24, 2.45) is 0 Å². The predicted octanol–water partition coefficient (Wildman–Crippen LogP) is -0.191. The molecule has 0 spiro atoms. The first-order valence-electron chi connectivity index (χ1n) is 32.6. The molecule has 5 aromatic heterocycles. The van der Waals surface area contributed by atoms with Crippen LogP contribution >= 0.6 is 23.2 Å². The molecule has 5 heterocycles. The fraction of sp³-hybridized carbons (Fsp3) is 0.232. The maximum atomic E-state index is 6.10. The van der Waals surface area contributed by atoms with Crippen molar-refractivity contribution in [3.63, 3.8) is 0 Å². The van der Waals surface area contributed by atoms with Gasteiger partial charge in [0, 0.05) is 22.9 Å². The number of aromatic nitrogens is 10. The summed E-state index contributed by atoms with van der Waals surface area (Å²) >= 11 is 12.0. The summed E-state index contributed by atoms with van der Waals surface area (Å²) in [6.07, 6.45) is 35.6. The van der Waals surface area contributed by atoms with Gasteiger partial charge in [-0.1, -0.05) is 228 Å². The number of benzene rings is 8. The van der Waals surface area contributed by atoms with Crippen LogP contribution in [-0.2, 0) is 96.5 Å². The summed E-state index contributed by atoms with van der Waals surface area (Å²) in [4.78, 5) is 0. The average Bonchev–Trinajstić information content (AvgIpc) is 1.85. The minimum absolute atomic E-state index is 0. The minimum Gasteiger partial charge on any atom is -1.00 e. The van der Waals surface area contributed by atoms with Crippen LogP contribution in [0.15, 0.2) is 294 Å². The van der Waals surface area contributed by atoms with E-state index < -0.39 is 0 Å². The normalized spacial score (nSPS) is 10.4. The molecule has 13 rings (SSSR count). The van der Waals surface area contributed by atoms with Gasteiger partial charge >= 0.3 is 0 Å². The Morgan fingerprint density at radius 2 is 0.485 bits per heavy atom. The van der Waals surface area contributed by atoms with Crippen molar-refractivity contribution in [2.45, 2.75) is 125 Å². The zero-order valence-corrected chi connectivity index (χ0v) is 61.2. The lowest BCUT2D eigenvalue weighted by atomic mass is 10.1. The average molecular weight is 1460 g/mol. The number of hydrogen-bond acceptors (Lipinski definition) is 0. The lowest BCUT2D eigenvalue weighted by Crippen LogP contribution is -3.00. The summed E-state index contributed by atoms with van der Waals surface area (Å²) in [5.41, 5.74) is 19.7. The van der Waals surface area contributed by atoms with Crippen LogP contribution in [0.1, 0.15) is 112 Å². The van der Waals surface area contributed by atoms with Gasteiger partial charge in [0.2, 0.25) is 31.6 Å². The molecule has 13 aromatic rings. The van der Waals surface area contributed by atoms with Crippen LogP contribution in [0.4, 0.5) is 0 Å². The highest BCUT2D eigenvalue weighted by atomic mass is 35.5. The maximum Gasteiger partial charge on any atom is 0.244 e. The molecule has 0 saturated carbocycles. The largest absolute Gasteiger partial charge is 1.00 e. The van der Waals surface area contributed by atoms with Gasteiger partial charge in [-0.2, -0.15) is 0 Å². The van der Waals surface area contributed by atoms with Crippen molar-refractivity contribution in [1.29, 1.82) is 0 Å². The third-order valence-electron chi connectivity index (χ3n) is 17.1.